The second-order valence-corrected chi connectivity index (χ2v) is 6.90. The molecule has 1 amide bonds. The molecule has 0 aliphatic carbocycles. The first kappa shape index (κ1) is 17.3. The molecule has 1 N–H and O–H groups in total. The summed E-state index contributed by atoms with van der Waals surface area (Å²) in [5, 5.41) is 8.34. The Bertz CT molecular complexity index is 1390. The zero-order chi connectivity index (χ0) is 19.8. The number of carbonyl (C=O) groups is 1. The van der Waals surface area contributed by atoms with Crippen molar-refractivity contribution in [2.75, 3.05) is 0 Å². The van der Waals surface area contributed by atoms with Gasteiger partial charge in [0.25, 0.3) is 0 Å². The van der Waals surface area contributed by atoms with Crippen molar-refractivity contribution in [2.24, 2.45) is 5.10 Å². The van der Waals surface area contributed by atoms with Crippen LogP contribution in [0.3, 0.4) is 0 Å². The van der Waals surface area contributed by atoms with Gasteiger partial charge >= 0.3 is 5.91 Å². The topological polar surface area (TPSA) is 59.5 Å². The van der Waals surface area contributed by atoms with Crippen LogP contribution in [0.15, 0.2) is 82.4 Å². The van der Waals surface area contributed by atoms with Gasteiger partial charge in [-0.05, 0) is 35.9 Å². The highest BCUT2D eigenvalue weighted by molar-refractivity contribution is 6.08. The van der Waals surface area contributed by atoms with Crippen LogP contribution in [0.2, 0.25) is 0 Å². The normalized spacial score (nSPS) is 11.8. The average Bonchev–Trinajstić information content (AvgIpc) is 3.36. The smallest absolute Gasteiger partial charge is 0.307 e. The van der Waals surface area contributed by atoms with Gasteiger partial charge in [0.15, 0.2) is 5.76 Å². The van der Waals surface area contributed by atoms with Gasteiger partial charge in [-0.2, -0.15) is 5.10 Å². The van der Waals surface area contributed by atoms with Crippen molar-refractivity contribution in [3.05, 3.63) is 84.3 Å². The number of hydrazone groups is 1. The molecule has 5 aromatic rings. The van der Waals surface area contributed by atoms with Crippen LogP contribution in [0.5, 0.6) is 0 Å². The van der Waals surface area contributed by atoms with Crippen LogP contribution >= 0.6 is 0 Å². The number of benzene rings is 3. The van der Waals surface area contributed by atoms with Gasteiger partial charge in [-0.25, -0.2) is 5.43 Å². The van der Waals surface area contributed by atoms with Gasteiger partial charge in [0, 0.05) is 34.6 Å². The summed E-state index contributed by atoms with van der Waals surface area (Å²) >= 11 is 0. The number of amides is 1. The molecule has 0 aliphatic heterocycles. The maximum atomic E-state index is 12.5. The first-order chi connectivity index (χ1) is 14.2. The third-order valence-corrected chi connectivity index (χ3v) is 5.18. The molecule has 0 radical (unpaired) electrons. The van der Waals surface area contributed by atoms with Gasteiger partial charge in [0.05, 0.1) is 6.21 Å². The highest BCUT2D eigenvalue weighted by Crippen LogP contribution is 2.28. The molecule has 0 saturated carbocycles. The van der Waals surface area contributed by atoms with Crippen LogP contribution < -0.4 is 5.43 Å². The van der Waals surface area contributed by atoms with Gasteiger partial charge in [-0.1, -0.05) is 48.5 Å². The van der Waals surface area contributed by atoms with E-state index in [0.717, 1.165) is 39.2 Å². The fourth-order valence-corrected chi connectivity index (χ4v) is 3.76. The van der Waals surface area contributed by atoms with Crippen LogP contribution in [0.1, 0.15) is 23.0 Å². The molecule has 0 atom stereocenters. The Hall–Kier alpha value is -3.86. The summed E-state index contributed by atoms with van der Waals surface area (Å²) in [5.74, 6) is -0.134. The van der Waals surface area contributed by atoms with E-state index in [0.29, 0.717) is 5.58 Å². The Balaban J connectivity index is 1.42. The first-order valence-electron chi connectivity index (χ1n) is 9.57. The standard InChI is InChI=1S/C24H19N3O2/c1-2-27-15-17(19-9-5-6-10-21(19)27)14-25-26-24(28)23-13-20-18-8-4-3-7-16(18)11-12-22(20)29-23/h3-15H,2H2,1H3,(H,26,28). The zero-order valence-electron chi connectivity index (χ0n) is 15.9. The number of aryl methyl sites for hydroxylation is 1. The first-order valence-corrected chi connectivity index (χ1v) is 9.57. The van der Waals surface area contributed by atoms with Crippen molar-refractivity contribution in [2.45, 2.75) is 13.5 Å². The number of nitrogens with one attached hydrogen (secondary N) is 1. The highest BCUT2D eigenvalue weighted by Gasteiger charge is 2.13. The Morgan fingerprint density at radius 1 is 1.03 bits per heavy atom. The molecular formula is C24H19N3O2. The number of nitrogens with zero attached hydrogens (tertiary/aromatic N) is 2. The van der Waals surface area contributed by atoms with Gasteiger partial charge < -0.3 is 8.98 Å². The summed E-state index contributed by atoms with van der Waals surface area (Å²) in [6.45, 7) is 2.97. The summed E-state index contributed by atoms with van der Waals surface area (Å²) in [5.41, 5.74) is 5.36. The molecule has 3 aromatic carbocycles. The third kappa shape index (κ3) is 2.97. The predicted octanol–water partition coefficient (Wildman–Crippen LogP) is 5.32. The molecule has 5 rings (SSSR count). The van der Waals surface area contributed by atoms with Crippen molar-refractivity contribution >= 4 is 44.8 Å². The number of carbonyl (C=O) groups excluding carboxylic acids is 1. The number of hydrogen-bond acceptors (Lipinski definition) is 3. The molecular weight excluding hydrogens is 362 g/mol. The second-order valence-electron chi connectivity index (χ2n) is 6.90. The van der Waals surface area contributed by atoms with E-state index in [1.54, 1.807) is 12.3 Å². The lowest BCUT2D eigenvalue weighted by molar-refractivity contribution is 0.0929. The maximum absolute atomic E-state index is 12.5. The van der Waals surface area contributed by atoms with Crippen molar-refractivity contribution in [3.63, 3.8) is 0 Å². The molecule has 5 nitrogen and oxygen atoms in total. The van der Waals surface area contributed by atoms with Gasteiger partial charge in [-0.15, -0.1) is 0 Å². The van der Waals surface area contributed by atoms with Crippen LogP contribution in [0.25, 0.3) is 32.6 Å². The zero-order valence-corrected chi connectivity index (χ0v) is 15.9. The summed E-state index contributed by atoms with van der Waals surface area (Å²) in [6.07, 6.45) is 3.71. The predicted molar refractivity (Wildman–Crippen MR) is 116 cm³/mol. The largest absolute Gasteiger partial charge is 0.451 e. The number of furan rings is 1. The number of para-hydroxylation sites is 1. The fraction of sp³-hybridized carbons (Fsp3) is 0.0833. The van der Waals surface area contributed by atoms with E-state index in [9.17, 15) is 4.79 Å². The maximum Gasteiger partial charge on any atom is 0.307 e. The fourth-order valence-electron chi connectivity index (χ4n) is 3.76. The van der Waals surface area contributed by atoms with Crippen molar-refractivity contribution in [3.8, 4) is 0 Å². The van der Waals surface area contributed by atoms with E-state index in [1.807, 2.05) is 54.7 Å². The number of aromatic nitrogens is 1. The Kier molecular flexibility index (Phi) is 4.13. The van der Waals surface area contributed by atoms with Crippen molar-refractivity contribution in [1.82, 2.24) is 9.99 Å². The van der Waals surface area contributed by atoms with E-state index >= 15 is 0 Å². The van der Waals surface area contributed by atoms with Crippen molar-refractivity contribution in [1.29, 1.82) is 0 Å². The second kappa shape index (κ2) is 6.95. The van der Waals surface area contributed by atoms with Gasteiger partial charge in [0.2, 0.25) is 0 Å². The van der Waals surface area contributed by atoms with Crippen LogP contribution in [-0.4, -0.2) is 16.7 Å². The van der Waals surface area contributed by atoms with E-state index in [4.69, 9.17) is 4.42 Å². The number of hydrogen-bond donors (Lipinski definition) is 1. The monoisotopic (exact) mass is 381 g/mol. The van der Waals surface area contributed by atoms with E-state index in [2.05, 4.69) is 34.2 Å². The lowest BCUT2D eigenvalue weighted by atomic mass is 10.1. The molecule has 0 aliphatic rings. The number of rotatable bonds is 4. The van der Waals surface area contributed by atoms with E-state index in [1.165, 1.54) is 0 Å². The average molecular weight is 381 g/mol. The summed E-state index contributed by atoms with van der Waals surface area (Å²) in [7, 11) is 0. The van der Waals surface area contributed by atoms with Gasteiger partial charge in [0.1, 0.15) is 5.58 Å². The third-order valence-electron chi connectivity index (χ3n) is 5.18. The lowest BCUT2D eigenvalue weighted by Gasteiger charge is -1.97. The molecule has 0 spiro atoms. The molecule has 2 heterocycles. The Labute approximate surface area is 167 Å². The van der Waals surface area contributed by atoms with Crippen LogP contribution in [-0.2, 0) is 6.54 Å². The van der Waals surface area contributed by atoms with Crippen LogP contribution in [0.4, 0.5) is 0 Å². The summed E-state index contributed by atoms with van der Waals surface area (Å²) in [4.78, 5) is 12.5. The lowest BCUT2D eigenvalue weighted by Crippen LogP contribution is -2.16. The minimum Gasteiger partial charge on any atom is -0.451 e. The van der Waals surface area contributed by atoms with E-state index < -0.39 is 0 Å². The number of fused-ring (bicyclic) bond motifs is 4. The molecule has 5 heteroatoms. The molecule has 142 valence electrons. The SMILES string of the molecule is CCn1cc(C=NNC(=O)c2cc3c(ccc4ccccc43)o2)c2ccccc21. The molecule has 29 heavy (non-hydrogen) atoms. The molecule has 0 fully saturated rings. The van der Waals surface area contributed by atoms with Crippen LogP contribution in [0, 0.1) is 0 Å². The van der Waals surface area contributed by atoms with Gasteiger partial charge in [-0.3, -0.25) is 4.79 Å². The molecule has 0 bridgehead atoms. The highest BCUT2D eigenvalue weighted by atomic mass is 16.3. The minimum absolute atomic E-state index is 0.240. The molecule has 2 aromatic heterocycles. The quantitative estimate of drug-likeness (QED) is 0.338. The Morgan fingerprint density at radius 2 is 1.83 bits per heavy atom. The van der Waals surface area contributed by atoms with E-state index in [-0.39, 0.29) is 11.7 Å². The Morgan fingerprint density at radius 3 is 2.69 bits per heavy atom. The summed E-state index contributed by atoms with van der Waals surface area (Å²) < 4.78 is 7.90. The minimum atomic E-state index is -0.374. The van der Waals surface area contributed by atoms with Crippen molar-refractivity contribution < 1.29 is 9.21 Å². The summed E-state index contributed by atoms with van der Waals surface area (Å²) in [6, 6.07) is 21.8. The molecule has 0 unspecified atom stereocenters. The molecule has 0 saturated heterocycles.